The lowest BCUT2D eigenvalue weighted by molar-refractivity contribution is -0.0270. The molecule has 23 heavy (non-hydrogen) atoms. The van der Waals surface area contributed by atoms with Crippen LogP contribution in [0.15, 0.2) is 12.4 Å². The third-order valence-electron chi connectivity index (χ3n) is 5.28. The van der Waals surface area contributed by atoms with Gasteiger partial charge in [-0.25, -0.2) is 4.98 Å². The molecule has 3 fully saturated rings. The number of fused-ring (bicyclic) bond motifs is 1. The fourth-order valence-electron chi connectivity index (χ4n) is 4.14. The molecule has 3 aliphatic heterocycles. The summed E-state index contributed by atoms with van der Waals surface area (Å²) in [6, 6.07) is 0.867. The van der Waals surface area contributed by atoms with Crippen molar-refractivity contribution in [2.24, 2.45) is 7.05 Å². The summed E-state index contributed by atoms with van der Waals surface area (Å²) in [5.41, 5.74) is 0. The van der Waals surface area contributed by atoms with Crippen LogP contribution in [0.5, 0.6) is 0 Å². The van der Waals surface area contributed by atoms with Crippen LogP contribution >= 0.6 is 0 Å². The number of hydrogen-bond donors (Lipinski definition) is 1. The van der Waals surface area contributed by atoms with Crippen molar-refractivity contribution in [2.75, 3.05) is 26.4 Å². The third kappa shape index (κ3) is 2.77. The second kappa shape index (κ2) is 6.22. The Kier molecular flexibility index (Phi) is 4.09. The van der Waals surface area contributed by atoms with Gasteiger partial charge >= 0.3 is 0 Å². The largest absolute Gasteiger partial charge is 0.380 e. The monoisotopic (exact) mass is 320 g/mol. The molecule has 1 aromatic heterocycles. The molecule has 4 heterocycles. The van der Waals surface area contributed by atoms with E-state index in [4.69, 9.17) is 9.47 Å². The molecule has 0 saturated carbocycles. The van der Waals surface area contributed by atoms with Gasteiger partial charge < -0.3 is 19.4 Å². The highest BCUT2D eigenvalue weighted by atomic mass is 16.5. The summed E-state index contributed by atoms with van der Waals surface area (Å²) in [6.07, 6.45) is 6.80. The SMILES string of the molecule is Cn1ccnc1C(=O)N[C@@H]1CN([C@@H]2CCOC2)[C@@H]2CCCO[C@@H]21. The van der Waals surface area contributed by atoms with Crippen LogP contribution < -0.4 is 5.32 Å². The van der Waals surface area contributed by atoms with Crippen molar-refractivity contribution in [1.29, 1.82) is 0 Å². The van der Waals surface area contributed by atoms with Crippen molar-refractivity contribution in [3.05, 3.63) is 18.2 Å². The lowest BCUT2D eigenvalue weighted by Crippen LogP contribution is -2.48. The van der Waals surface area contributed by atoms with Crippen molar-refractivity contribution in [1.82, 2.24) is 19.8 Å². The minimum atomic E-state index is -0.125. The summed E-state index contributed by atoms with van der Waals surface area (Å²) < 4.78 is 13.3. The lowest BCUT2D eigenvalue weighted by Gasteiger charge is -2.34. The Labute approximate surface area is 135 Å². The van der Waals surface area contributed by atoms with E-state index in [9.17, 15) is 4.79 Å². The minimum absolute atomic E-state index is 0.0186. The van der Waals surface area contributed by atoms with Crippen LogP contribution in [0.4, 0.5) is 0 Å². The standard InChI is InChI=1S/C16H24N4O3/c1-19-6-5-17-15(19)16(21)18-12-9-20(11-4-8-22-10-11)13-3-2-7-23-14(12)13/h5-6,11-14H,2-4,7-10H2,1H3,(H,18,21)/t11-,12-,13-,14-/m1/s1. The van der Waals surface area contributed by atoms with Gasteiger partial charge in [-0.05, 0) is 19.3 Å². The van der Waals surface area contributed by atoms with Gasteiger partial charge in [0.15, 0.2) is 5.82 Å². The molecule has 0 unspecified atom stereocenters. The first-order valence-electron chi connectivity index (χ1n) is 8.47. The number of rotatable bonds is 3. The van der Waals surface area contributed by atoms with Crippen molar-refractivity contribution in [3.63, 3.8) is 0 Å². The van der Waals surface area contributed by atoms with E-state index in [0.29, 0.717) is 17.9 Å². The molecule has 0 spiro atoms. The summed E-state index contributed by atoms with van der Waals surface area (Å²) in [5.74, 6) is 0.319. The summed E-state index contributed by atoms with van der Waals surface area (Å²) in [6.45, 7) is 3.25. The average molecular weight is 320 g/mol. The van der Waals surface area contributed by atoms with Gasteiger partial charge in [0.1, 0.15) is 0 Å². The van der Waals surface area contributed by atoms with Gasteiger partial charge in [0, 0.05) is 51.3 Å². The highest BCUT2D eigenvalue weighted by Gasteiger charge is 2.47. The molecule has 126 valence electrons. The van der Waals surface area contributed by atoms with Gasteiger partial charge in [0.25, 0.3) is 5.91 Å². The molecule has 0 radical (unpaired) electrons. The molecule has 3 aliphatic rings. The van der Waals surface area contributed by atoms with E-state index in [1.807, 2.05) is 7.05 Å². The zero-order valence-electron chi connectivity index (χ0n) is 13.5. The number of carbonyl (C=O) groups excluding carboxylic acids is 1. The maximum atomic E-state index is 12.5. The van der Waals surface area contributed by atoms with E-state index in [-0.39, 0.29) is 18.1 Å². The van der Waals surface area contributed by atoms with E-state index >= 15 is 0 Å². The van der Waals surface area contributed by atoms with Gasteiger partial charge in [0.2, 0.25) is 0 Å². The van der Waals surface area contributed by atoms with Crippen molar-refractivity contribution in [2.45, 2.75) is 43.5 Å². The normalized spacial score (nSPS) is 34.5. The molecule has 0 aromatic carbocycles. The van der Waals surface area contributed by atoms with Crippen LogP contribution in [0.2, 0.25) is 0 Å². The molecule has 7 heteroatoms. The Hall–Kier alpha value is -1.44. The molecule has 1 aromatic rings. The maximum Gasteiger partial charge on any atom is 0.287 e. The number of carbonyl (C=O) groups is 1. The van der Waals surface area contributed by atoms with Crippen LogP contribution in [0.1, 0.15) is 29.9 Å². The average Bonchev–Trinajstić information content (AvgIpc) is 3.27. The Morgan fingerprint density at radius 1 is 1.39 bits per heavy atom. The number of aromatic nitrogens is 2. The first-order valence-corrected chi connectivity index (χ1v) is 8.47. The maximum absolute atomic E-state index is 12.5. The predicted molar refractivity (Wildman–Crippen MR) is 83.2 cm³/mol. The van der Waals surface area contributed by atoms with Gasteiger partial charge in [-0.1, -0.05) is 0 Å². The first kappa shape index (κ1) is 15.1. The fourth-order valence-corrected chi connectivity index (χ4v) is 4.14. The number of amides is 1. The minimum Gasteiger partial charge on any atom is -0.380 e. The molecule has 7 nitrogen and oxygen atoms in total. The zero-order valence-corrected chi connectivity index (χ0v) is 13.5. The Balaban J connectivity index is 1.49. The molecule has 3 saturated heterocycles. The van der Waals surface area contributed by atoms with Gasteiger partial charge in [0.05, 0.1) is 18.8 Å². The summed E-state index contributed by atoms with van der Waals surface area (Å²) in [7, 11) is 1.83. The number of ether oxygens (including phenoxy) is 2. The molecular weight excluding hydrogens is 296 g/mol. The zero-order chi connectivity index (χ0) is 15.8. The number of imidazole rings is 1. The molecule has 1 amide bonds. The number of hydrogen-bond acceptors (Lipinski definition) is 5. The Morgan fingerprint density at radius 2 is 2.30 bits per heavy atom. The second-order valence-electron chi connectivity index (χ2n) is 6.70. The highest BCUT2D eigenvalue weighted by molar-refractivity contribution is 5.91. The first-order chi connectivity index (χ1) is 11.2. The highest BCUT2D eigenvalue weighted by Crippen LogP contribution is 2.32. The molecule has 0 bridgehead atoms. The predicted octanol–water partition coefficient (Wildman–Crippen LogP) is 0.171. The molecule has 4 rings (SSSR count). The van der Waals surface area contributed by atoms with Crippen molar-refractivity contribution < 1.29 is 14.3 Å². The molecule has 4 atom stereocenters. The van der Waals surface area contributed by atoms with Crippen molar-refractivity contribution >= 4 is 5.91 Å². The van der Waals surface area contributed by atoms with Gasteiger partial charge in [-0.2, -0.15) is 0 Å². The Morgan fingerprint density at radius 3 is 3.04 bits per heavy atom. The second-order valence-corrected chi connectivity index (χ2v) is 6.70. The van der Waals surface area contributed by atoms with Gasteiger partial charge in [-0.3, -0.25) is 9.69 Å². The molecule has 1 N–H and O–H groups in total. The van der Waals surface area contributed by atoms with Crippen molar-refractivity contribution in [3.8, 4) is 0 Å². The quantitative estimate of drug-likeness (QED) is 0.860. The van der Waals surface area contributed by atoms with Gasteiger partial charge in [-0.15, -0.1) is 0 Å². The number of nitrogens with zero attached hydrogens (tertiary/aromatic N) is 3. The molecular formula is C16H24N4O3. The van der Waals surface area contributed by atoms with Crippen LogP contribution in [-0.2, 0) is 16.5 Å². The van der Waals surface area contributed by atoms with E-state index in [0.717, 1.165) is 45.6 Å². The third-order valence-corrected chi connectivity index (χ3v) is 5.28. The van der Waals surface area contributed by atoms with Crippen LogP contribution in [0, 0.1) is 0 Å². The lowest BCUT2D eigenvalue weighted by atomic mass is 10.00. The number of nitrogens with one attached hydrogen (secondary N) is 1. The van der Waals surface area contributed by atoms with E-state index in [1.54, 1.807) is 17.0 Å². The van der Waals surface area contributed by atoms with E-state index in [2.05, 4.69) is 15.2 Å². The van der Waals surface area contributed by atoms with Crippen LogP contribution in [0.25, 0.3) is 0 Å². The smallest absolute Gasteiger partial charge is 0.287 e. The van der Waals surface area contributed by atoms with E-state index < -0.39 is 0 Å². The van der Waals surface area contributed by atoms with Crippen LogP contribution in [0.3, 0.4) is 0 Å². The van der Waals surface area contributed by atoms with E-state index in [1.165, 1.54) is 0 Å². The number of aryl methyl sites for hydroxylation is 1. The van der Waals surface area contributed by atoms with Crippen LogP contribution in [-0.4, -0.2) is 71.0 Å². The Bertz CT molecular complexity index is 569. The number of likely N-dealkylation sites (tertiary alicyclic amines) is 1. The topological polar surface area (TPSA) is 68.6 Å². The fraction of sp³-hybridized carbons (Fsp3) is 0.750. The summed E-state index contributed by atoms with van der Waals surface area (Å²) in [4.78, 5) is 19.1. The molecule has 0 aliphatic carbocycles. The summed E-state index contributed by atoms with van der Waals surface area (Å²) in [5, 5.41) is 3.14. The summed E-state index contributed by atoms with van der Waals surface area (Å²) >= 11 is 0.